The van der Waals surface area contributed by atoms with Gasteiger partial charge in [0, 0.05) is 5.39 Å². The fraction of sp³-hybridized carbons (Fsp3) is 0.292. The van der Waals surface area contributed by atoms with Gasteiger partial charge in [0.1, 0.15) is 5.60 Å². The summed E-state index contributed by atoms with van der Waals surface area (Å²) in [7, 11) is 4.71. The topological polar surface area (TPSA) is 58.9 Å². The molecule has 6 nitrogen and oxygen atoms in total. The molecule has 0 saturated heterocycles. The highest BCUT2D eigenvalue weighted by Gasteiger charge is 2.21. The number of ether oxygens (including phenoxy) is 4. The van der Waals surface area contributed by atoms with Crippen molar-refractivity contribution in [2.75, 3.05) is 21.3 Å². The van der Waals surface area contributed by atoms with E-state index in [2.05, 4.69) is 0 Å². The van der Waals surface area contributed by atoms with Gasteiger partial charge in [-0.3, -0.25) is 0 Å². The van der Waals surface area contributed by atoms with Crippen LogP contribution in [0.15, 0.2) is 42.5 Å². The molecule has 0 N–H and O–H groups in total. The molecule has 158 valence electrons. The van der Waals surface area contributed by atoms with E-state index in [4.69, 9.17) is 18.9 Å². The van der Waals surface area contributed by atoms with Gasteiger partial charge in [-0.05, 0) is 56.7 Å². The fourth-order valence-electron chi connectivity index (χ4n) is 3.19. The van der Waals surface area contributed by atoms with E-state index < -0.39 is 11.7 Å². The molecule has 1 heterocycles. The van der Waals surface area contributed by atoms with Crippen LogP contribution in [0.25, 0.3) is 23.1 Å². The highest BCUT2D eigenvalue weighted by atomic mass is 16.6. The first-order valence-electron chi connectivity index (χ1n) is 9.59. The lowest BCUT2D eigenvalue weighted by Gasteiger charge is -2.20. The van der Waals surface area contributed by atoms with Gasteiger partial charge < -0.3 is 18.9 Å². The van der Waals surface area contributed by atoms with Gasteiger partial charge in [0.15, 0.2) is 11.5 Å². The molecule has 0 unspecified atom stereocenters. The summed E-state index contributed by atoms with van der Waals surface area (Å²) in [6, 6.07) is 13.3. The monoisotopic (exact) mass is 409 g/mol. The zero-order valence-electron chi connectivity index (χ0n) is 18.2. The molecular formula is C24H27NO5. The first-order chi connectivity index (χ1) is 14.3. The third kappa shape index (κ3) is 4.43. The maximum atomic E-state index is 12.9. The number of carbonyl (C=O) groups is 1. The lowest BCUT2D eigenvalue weighted by Crippen LogP contribution is -2.27. The van der Waals surface area contributed by atoms with E-state index in [9.17, 15) is 4.79 Å². The maximum Gasteiger partial charge on any atom is 0.419 e. The SMILES string of the molecule is COc1cc(/C=C\c2cc3ccccc3n2C(=O)OC(C)(C)C)cc(OC)c1OC. The minimum atomic E-state index is -0.597. The molecular weight excluding hydrogens is 382 g/mol. The number of aromatic nitrogens is 1. The second-order valence-electron chi connectivity index (χ2n) is 7.74. The van der Waals surface area contributed by atoms with Gasteiger partial charge in [-0.25, -0.2) is 9.36 Å². The molecule has 0 aliphatic rings. The lowest BCUT2D eigenvalue weighted by molar-refractivity contribution is 0.0543. The van der Waals surface area contributed by atoms with Crippen LogP contribution < -0.4 is 14.2 Å². The molecule has 0 aliphatic heterocycles. The Morgan fingerprint density at radius 1 is 0.900 bits per heavy atom. The van der Waals surface area contributed by atoms with Crippen LogP contribution in [0.5, 0.6) is 17.2 Å². The molecule has 0 fully saturated rings. The standard InChI is InChI=1S/C24H27NO5/c1-24(2,3)30-23(26)25-18(15-17-9-7-8-10-19(17)25)12-11-16-13-20(27-4)22(29-6)21(14-16)28-5/h7-15H,1-6H3/b12-11-. The number of benzene rings is 2. The van der Waals surface area contributed by atoms with Crippen molar-refractivity contribution in [3.63, 3.8) is 0 Å². The van der Waals surface area contributed by atoms with Gasteiger partial charge in [0.25, 0.3) is 0 Å². The van der Waals surface area contributed by atoms with Gasteiger partial charge in [-0.15, -0.1) is 0 Å². The first kappa shape index (κ1) is 21.3. The van der Waals surface area contributed by atoms with Crippen molar-refractivity contribution in [3.05, 3.63) is 53.7 Å². The zero-order valence-corrected chi connectivity index (χ0v) is 18.2. The van der Waals surface area contributed by atoms with Crippen LogP contribution >= 0.6 is 0 Å². The number of methoxy groups -OCH3 is 3. The minimum absolute atomic E-state index is 0.423. The number of fused-ring (bicyclic) bond motifs is 1. The summed E-state index contributed by atoms with van der Waals surface area (Å²) in [6.45, 7) is 5.55. The van der Waals surface area contributed by atoms with Crippen LogP contribution in [0, 0.1) is 0 Å². The molecule has 0 amide bonds. The van der Waals surface area contributed by atoms with Crippen molar-refractivity contribution in [2.24, 2.45) is 0 Å². The fourth-order valence-corrected chi connectivity index (χ4v) is 3.19. The maximum absolute atomic E-state index is 12.9. The quantitative estimate of drug-likeness (QED) is 0.547. The van der Waals surface area contributed by atoms with Gasteiger partial charge >= 0.3 is 6.09 Å². The number of hydrogen-bond acceptors (Lipinski definition) is 5. The average Bonchev–Trinajstić information content (AvgIpc) is 3.08. The van der Waals surface area contributed by atoms with Crippen molar-refractivity contribution in [1.82, 2.24) is 4.57 Å². The Balaban J connectivity index is 2.07. The van der Waals surface area contributed by atoms with Gasteiger partial charge in [-0.1, -0.05) is 24.3 Å². The summed E-state index contributed by atoms with van der Waals surface area (Å²) in [6.07, 6.45) is 3.33. The predicted molar refractivity (Wildman–Crippen MR) is 119 cm³/mol. The third-order valence-corrected chi connectivity index (χ3v) is 4.45. The lowest BCUT2D eigenvalue weighted by atomic mass is 10.1. The Morgan fingerprint density at radius 2 is 1.53 bits per heavy atom. The van der Waals surface area contributed by atoms with Gasteiger partial charge in [-0.2, -0.15) is 0 Å². The van der Waals surface area contributed by atoms with E-state index in [0.717, 1.165) is 16.5 Å². The van der Waals surface area contributed by atoms with E-state index >= 15 is 0 Å². The summed E-state index contributed by atoms with van der Waals surface area (Å²) < 4.78 is 23.4. The minimum Gasteiger partial charge on any atom is -0.493 e. The van der Waals surface area contributed by atoms with Crippen molar-refractivity contribution in [3.8, 4) is 17.2 Å². The second-order valence-corrected chi connectivity index (χ2v) is 7.74. The van der Waals surface area contributed by atoms with E-state index in [-0.39, 0.29) is 0 Å². The normalized spacial score (nSPS) is 11.7. The Morgan fingerprint density at radius 3 is 2.10 bits per heavy atom. The molecule has 0 radical (unpaired) electrons. The highest BCUT2D eigenvalue weighted by Crippen LogP contribution is 2.38. The molecule has 0 bridgehead atoms. The summed E-state index contributed by atoms with van der Waals surface area (Å²) in [5, 5.41) is 0.952. The number of para-hydroxylation sites is 1. The predicted octanol–water partition coefficient (Wildman–Crippen LogP) is 5.62. The van der Waals surface area contributed by atoms with Crippen LogP contribution in [0.2, 0.25) is 0 Å². The largest absolute Gasteiger partial charge is 0.493 e. The highest BCUT2D eigenvalue weighted by molar-refractivity contribution is 5.94. The Hall–Kier alpha value is -3.41. The summed E-state index contributed by atoms with van der Waals surface area (Å²) in [4.78, 5) is 12.9. The Labute approximate surface area is 176 Å². The molecule has 6 heteroatoms. The Kier molecular flexibility index (Phi) is 6.06. The molecule has 0 aliphatic carbocycles. The van der Waals surface area contributed by atoms with Crippen molar-refractivity contribution >= 4 is 29.1 Å². The third-order valence-electron chi connectivity index (χ3n) is 4.45. The van der Waals surface area contributed by atoms with Crippen molar-refractivity contribution < 1.29 is 23.7 Å². The molecule has 1 aromatic heterocycles. The summed E-state index contributed by atoms with van der Waals surface area (Å²) in [5.74, 6) is 1.65. The van der Waals surface area contributed by atoms with E-state index in [1.165, 1.54) is 0 Å². The smallest absolute Gasteiger partial charge is 0.419 e. The van der Waals surface area contributed by atoms with Crippen molar-refractivity contribution in [2.45, 2.75) is 26.4 Å². The number of nitrogens with zero attached hydrogens (tertiary/aromatic N) is 1. The average molecular weight is 409 g/mol. The van der Waals surface area contributed by atoms with Crippen LogP contribution in [0.4, 0.5) is 4.79 Å². The van der Waals surface area contributed by atoms with Gasteiger partial charge in [0.2, 0.25) is 5.75 Å². The zero-order chi connectivity index (χ0) is 21.9. The molecule has 0 saturated carbocycles. The van der Waals surface area contributed by atoms with Crippen molar-refractivity contribution in [1.29, 1.82) is 0 Å². The van der Waals surface area contributed by atoms with Crippen LogP contribution in [-0.4, -0.2) is 37.6 Å². The summed E-state index contributed by atoms with van der Waals surface area (Å²) >= 11 is 0. The molecule has 30 heavy (non-hydrogen) atoms. The number of rotatable bonds is 5. The molecule has 0 atom stereocenters. The van der Waals surface area contributed by atoms with Crippen LogP contribution in [-0.2, 0) is 4.74 Å². The first-order valence-corrected chi connectivity index (χ1v) is 9.59. The number of carbonyl (C=O) groups excluding carboxylic acids is 1. The van der Waals surface area contributed by atoms with E-state index in [0.29, 0.717) is 22.9 Å². The molecule has 0 spiro atoms. The Bertz CT molecular complexity index is 1060. The molecule has 3 rings (SSSR count). The second kappa shape index (κ2) is 8.53. The van der Waals surface area contributed by atoms with Gasteiger partial charge in [0.05, 0.1) is 32.5 Å². The van der Waals surface area contributed by atoms with E-state index in [1.54, 1.807) is 25.9 Å². The molecule has 2 aromatic carbocycles. The summed E-state index contributed by atoms with van der Waals surface area (Å²) in [5.41, 5.74) is 1.74. The van der Waals surface area contributed by atoms with Crippen LogP contribution in [0.1, 0.15) is 32.0 Å². The van der Waals surface area contributed by atoms with Crippen LogP contribution in [0.3, 0.4) is 0 Å². The molecule has 3 aromatic rings. The van der Waals surface area contributed by atoms with E-state index in [1.807, 2.05) is 75.4 Å². The number of hydrogen-bond donors (Lipinski definition) is 0.